The monoisotopic (exact) mass is 403 g/mol. The molecule has 0 saturated heterocycles. The van der Waals surface area contributed by atoms with Gasteiger partial charge in [-0.2, -0.15) is 15.1 Å². The van der Waals surface area contributed by atoms with Crippen molar-refractivity contribution in [1.82, 2.24) is 9.97 Å². The normalized spacial score (nSPS) is 11.8. The average molecular weight is 404 g/mol. The van der Waals surface area contributed by atoms with Gasteiger partial charge in [0.1, 0.15) is 18.2 Å². The molecule has 29 heavy (non-hydrogen) atoms. The molecule has 2 aromatic heterocycles. The first-order valence-electron chi connectivity index (χ1n) is 10.1. The smallest absolute Gasteiger partial charge is 0.319 e. The molecule has 8 heteroatoms. The van der Waals surface area contributed by atoms with Crippen LogP contribution in [0.15, 0.2) is 21.7 Å². The highest BCUT2D eigenvalue weighted by atomic mass is 16.5. The van der Waals surface area contributed by atoms with Crippen molar-refractivity contribution < 1.29 is 14.3 Å². The van der Waals surface area contributed by atoms with Crippen molar-refractivity contribution in [3.05, 3.63) is 29.2 Å². The van der Waals surface area contributed by atoms with E-state index in [1.165, 1.54) is 0 Å². The predicted molar refractivity (Wildman–Crippen MR) is 116 cm³/mol. The highest BCUT2D eigenvalue weighted by molar-refractivity contribution is 5.79. The molecule has 0 fully saturated rings. The number of nitrogens with one attached hydrogen (secondary N) is 1. The number of anilines is 2. The Bertz CT molecular complexity index is 786. The topological polar surface area (TPSA) is 96.0 Å². The van der Waals surface area contributed by atoms with Crippen LogP contribution in [0.3, 0.4) is 0 Å². The van der Waals surface area contributed by atoms with E-state index in [1.807, 2.05) is 26.0 Å². The van der Waals surface area contributed by atoms with E-state index in [2.05, 4.69) is 39.2 Å². The lowest BCUT2D eigenvalue weighted by molar-refractivity contribution is 0.0250. The predicted octanol–water partition coefficient (Wildman–Crippen LogP) is 3.91. The number of hydrazone groups is 1. The highest BCUT2D eigenvalue weighted by Crippen LogP contribution is 2.19. The molecule has 160 valence electrons. The molecule has 0 aliphatic rings. The van der Waals surface area contributed by atoms with E-state index in [-0.39, 0.29) is 12.6 Å². The molecule has 2 rings (SSSR count). The summed E-state index contributed by atoms with van der Waals surface area (Å²) in [4.78, 5) is 11.1. The van der Waals surface area contributed by atoms with Crippen LogP contribution in [-0.4, -0.2) is 46.6 Å². The number of aryl methyl sites for hydroxylation is 2. The molecule has 0 aromatic carbocycles. The third-order valence-corrected chi connectivity index (χ3v) is 4.11. The molecule has 0 spiro atoms. The molecule has 0 amide bonds. The summed E-state index contributed by atoms with van der Waals surface area (Å²) in [5.74, 6) is 2.20. The van der Waals surface area contributed by atoms with Crippen LogP contribution in [-0.2, 0) is 0 Å². The Balaban J connectivity index is 2.25. The zero-order valence-corrected chi connectivity index (χ0v) is 18.3. The molecule has 2 aromatic rings. The fraction of sp³-hybridized carbons (Fsp3) is 0.571. The third kappa shape index (κ3) is 7.38. The van der Waals surface area contributed by atoms with Crippen LogP contribution in [0.1, 0.15) is 57.6 Å². The maximum atomic E-state index is 9.95. The lowest BCUT2D eigenvalue weighted by Gasteiger charge is -2.23. The summed E-state index contributed by atoms with van der Waals surface area (Å²) in [6.45, 7) is 13.4. The van der Waals surface area contributed by atoms with Gasteiger partial charge in [-0.15, -0.1) is 0 Å². The van der Waals surface area contributed by atoms with Gasteiger partial charge in [-0.1, -0.05) is 13.8 Å². The molecule has 0 saturated carbocycles. The zero-order chi connectivity index (χ0) is 21.4. The van der Waals surface area contributed by atoms with Crippen molar-refractivity contribution in [2.45, 2.75) is 60.0 Å². The van der Waals surface area contributed by atoms with E-state index >= 15 is 0 Å². The highest BCUT2D eigenvalue weighted by Gasteiger charge is 2.16. The minimum absolute atomic E-state index is 0.0950. The van der Waals surface area contributed by atoms with Gasteiger partial charge >= 0.3 is 6.01 Å². The van der Waals surface area contributed by atoms with Crippen molar-refractivity contribution >= 4 is 17.9 Å². The quantitative estimate of drug-likeness (QED) is 0.434. The van der Waals surface area contributed by atoms with Crippen LogP contribution in [0, 0.1) is 13.8 Å². The van der Waals surface area contributed by atoms with Gasteiger partial charge in [0.2, 0.25) is 5.88 Å². The Morgan fingerprint density at radius 1 is 1.21 bits per heavy atom. The molecule has 2 N–H and O–H groups in total. The summed E-state index contributed by atoms with van der Waals surface area (Å²) >= 11 is 0. The summed E-state index contributed by atoms with van der Waals surface area (Å²) < 4.78 is 11.2. The summed E-state index contributed by atoms with van der Waals surface area (Å²) in [6.07, 6.45) is 3.61. The molecular formula is C21H33N5O3. The van der Waals surface area contributed by atoms with Crippen LogP contribution < -0.4 is 15.1 Å². The Hall–Kier alpha value is -2.61. The van der Waals surface area contributed by atoms with E-state index < -0.39 is 5.60 Å². The van der Waals surface area contributed by atoms with Gasteiger partial charge < -0.3 is 19.2 Å². The van der Waals surface area contributed by atoms with Gasteiger partial charge in [-0.05, 0) is 46.1 Å². The number of ether oxygens (including phenoxy) is 1. The van der Waals surface area contributed by atoms with Gasteiger partial charge in [0.05, 0.1) is 17.5 Å². The first-order chi connectivity index (χ1) is 13.7. The van der Waals surface area contributed by atoms with E-state index in [1.54, 1.807) is 20.1 Å². The summed E-state index contributed by atoms with van der Waals surface area (Å²) in [7, 11) is 0. The maximum Gasteiger partial charge on any atom is 0.319 e. The number of hydrogen-bond donors (Lipinski definition) is 2. The number of rotatable bonds is 11. The molecule has 8 nitrogen and oxygen atoms in total. The zero-order valence-electron chi connectivity index (χ0n) is 18.3. The van der Waals surface area contributed by atoms with Crippen LogP contribution in [0.2, 0.25) is 0 Å². The molecule has 0 bridgehead atoms. The second kappa shape index (κ2) is 10.2. The summed E-state index contributed by atoms with van der Waals surface area (Å²) in [6, 6.07) is 3.99. The van der Waals surface area contributed by atoms with Crippen LogP contribution >= 0.6 is 0 Å². The maximum absolute atomic E-state index is 9.95. The van der Waals surface area contributed by atoms with Gasteiger partial charge in [0.25, 0.3) is 0 Å². The Kier molecular flexibility index (Phi) is 8.01. The van der Waals surface area contributed by atoms with Gasteiger partial charge in [-0.3, -0.25) is 0 Å². The third-order valence-electron chi connectivity index (χ3n) is 4.11. The molecule has 0 aliphatic carbocycles. The first kappa shape index (κ1) is 22.7. The average Bonchev–Trinajstić information content (AvgIpc) is 2.97. The van der Waals surface area contributed by atoms with E-state index in [9.17, 15) is 5.11 Å². The Morgan fingerprint density at radius 2 is 1.90 bits per heavy atom. The second-order valence-corrected chi connectivity index (χ2v) is 7.74. The largest absolute Gasteiger partial charge is 0.460 e. The second-order valence-electron chi connectivity index (χ2n) is 7.74. The number of aromatic nitrogens is 2. The van der Waals surface area contributed by atoms with Crippen LogP contribution in [0.4, 0.5) is 11.7 Å². The fourth-order valence-corrected chi connectivity index (χ4v) is 2.64. The number of hydrogen-bond acceptors (Lipinski definition) is 8. The van der Waals surface area contributed by atoms with Crippen molar-refractivity contribution in [3.63, 3.8) is 0 Å². The number of furan rings is 1. The summed E-state index contributed by atoms with van der Waals surface area (Å²) in [5.41, 5.74) is 3.56. The lowest BCUT2D eigenvalue weighted by atomic mass is 10.2. The Labute approximate surface area is 173 Å². The Morgan fingerprint density at radius 3 is 2.45 bits per heavy atom. The van der Waals surface area contributed by atoms with E-state index in [0.717, 1.165) is 43.1 Å². The minimum Gasteiger partial charge on any atom is -0.460 e. The van der Waals surface area contributed by atoms with Crippen molar-refractivity contribution in [2.75, 3.05) is 30.0 Å². The standard InChI is InChI=1S/C21H33N5O3/c1-7-9-26(10-8-2)18-12-17(23-20(24-18)28-14-21(5,6)27)13-22-25-19-11-15(3)16(4)29-19/h11-13,25,27H,7-10,14H2,1-6H3/b22-13+. The van der Waals surface area contributed by atoms with Gasteiger partial charge in [0.15, 0.2) is 0 Å². The molecule has 0 unspecified atom stereocenters. The fourth-order valence-electron chi connectivity index (χ4n) is 2.64. The molecule has 0 atom stereocenters. The van der Waals surface area contributed by atoms with Crippen LogP contribution in [0.5, 0.6) is 6.01 Å². The first-order valence-corrected chi connectivity index (χ1v) is 10.1. The van der Waals surface area contributed by atoms with Crippen molar-refractivity contribution in [1.29, 1.82) is 0 Å². The molecule has 0 aliphatic heterocycles. The van der Waals surface area contributed by atoms with E-state index in [4.69, 9.17) is 9.15 Å². The molecular weight excluding hydrogens is 370 g/mol. The van der Waals surface area contributed by atoms with Gasteiger partial charge in [-0.25, -0.2) is 5.43 Å². The van der Waals surface area contributed by atoms with Crippen LogP contribution in [0.25, 0.3) is 0 Å². The van der Waals surface area contributed by atoms with Gasteiger partial charge in [0, 0.05) is 25.2 Å². The number of aliphatic hydroxyl groups is 1. The SMILES string of the molecule is CCCN(CCC)c1cc(/C=N/Nc2cc(C)c(C)o2)nc(OCC(C)(C)O)n1. The summed E-state index contributed by atoms with van der Waals surface area (Å²) in [5, 5.41) is 14.2. The van der Waals surface area contributed by atoms with E-state index in [0.29, 0.717) is 11.6 Å². The van der Waals surface area contributed by atoms with Crippen molar-refractivity contribution in [2.24, 2.45) is 5.10 Å². The molecule has 0 radical (unpaired) electrons. The number of nitrogens with zero attached hydrogens (tertiary/aromatic N) is 4. The molecule has 2 heterocycles. The minimum atomic E-state index is -0.975. The van der Waals surface area contributed by atoms with Crippen molar-refractivity contribution in [3.8, 4) is 6.01 Å². The lowest BCUT2D eigenvalue weighted by Crippen LogP contribution is -2.29.